The van der Waals surface area contributed by atoms with Crippen molar-refractivity contribution in [1.29, 1.82) is 0 Å². The Bertz CT molecular complexity index is 1280. The van der Waals surface area contributed by atoms with Gasteiger partial charge >= 0.3 is 5.97 Å². The molecule has 0 spiro atoms. The number of rotatable bonds is 8. The second kappa shape index (κ2) is 10.1. The monoisotopic (exact) mass is 481 g/mol. The van der Waals surface area contributed by atoms with Crippen LogP contribution < -0.4 is 10.5 Å². The van der Waals surface area contributed by atoms with Crippen LogP contribution in [0.25, 0.3) is 11.7 Å². The van der Waals surface area contributed by atoms with Crippen LogP contribution in [0.5, 0.6) is 0 Å². The first kappa shape index (κ1) is 24.1. The number of aliphatic carboxylic acids is 1. The molecule has 0 radical (unpaired) electrons. The van der Waals surface area contributed by atoms with Crippen LogP contribution in [0.2, 0.25) is 0 Å². The number of anilines is 1. The van der Waals surface area contributed by atoms with Gasteiger partial charge in [0.2, 0.25) is 0 Å². The van der Waals surface area contributed by atoms with E-state index >= 15 is 0 Å². The molecule has 0 bridgehead atoms. The van der Waals surface area contributed by atoms with Crippen molar-refractivity contribution in [3.05, 3.63) is 62.0 Å². The van der Waals surface area contributed by atoms with E-state index in [-0.39, 0.29) is 5.56 Å². The fourth-order valence-electron chi connectivity index (χ4n) is 4.19. The molecule has 34 heavy (non-hydrogen) atoms. The second-order valence-electron chi connectivity index (χ2n) is 9.26. The molecule has 0 aromatic carbocycles. The van der Waals surface area contributed by atoms with Crippen molar-refractivity contribution in [2.75, 3.05) is 32.1 Å². The number of aryl methyl sites for hydroxylation is 2. The number of carbonyl (C=O) groups is 1. The van der Waals surface area contributed by atoms with Gasteiger partial charge in [0.1, 0.15) is 11.5 Å². The molecule has 3 aromatic heterocycles. The number of hydrogen-bond acceptors (Lipinski definition) is 7. The summed E-state index contributed by atoms with van der Waals surface area (Å²) in [5.41, 5.74) is 2.82. The quantitative estimate of drug-likeness (QED) is 0.494. The molecule has 4 heterocycles. The Morgan fingerprint density at radius 3 is 2.76 bits per heavy atom. The zero-order valence-electron chi connectivity index (χ0n) is 20.1. The van der Waals surface area contributed by atoms with Crippen LogP contribution in [0.15, 0.2) is 34.6 Å². The summed E-state index contributed by atoms with van der Waals surface area (Å²) in [6.07, 6.45) is 6.70. The van der Waals surface area contributed by atoms with Gasteiger partial charge in [0.15, 0.2) is 0 Å². The van der Waals surface area contributed by atoms with E-state index in [1.54, 1.807) is 17.5 Å². The maximum absolute atomic E-state index is 13.3. The van der Waals surface area contributed by atoms with Crippen molar-refractivity contribution >= 4 is 34.8 Å². The summed E-state index contributed by atoms with van der Waals surface area (Å²) < 4.78 is 1.49. The Balaban J connectivity index is 1.67. The van der Waals surface area contributed by atoms with E-state index in [9.17, 15) is 9.59 Å². The number of pyridine rings is 1. The highest BCUT2D eigenvalue weighted by Crippen LogP contribution is 2.25. The summed E-state index contributed by atoms with van der Waals surface area (Å²) in [7, 11) is 4.09. The third-order valence-corrected chi connectivity index (χ3v) is 7.21. The Morgan fingerprint density at radius 2 is 2.12 bits per heavy atom. The average molecular weight is 482 g/mol. The predicted molar refractivity (Wildman–Crippen MR) is 136 cm³/mol. The molecule has 3 aromatic rings. The highest BCUT2D eigenvalue weighted by molar-refractivity contribution is 7.09. The number of hydrogen-bond donors (Lipinski definition) is 1. The van der Waals surface area contributed by atoms with Gasteiger partial charge in [0.25, 0.3) is 5.56 Å². The van der Waals surface area contributed by atoms with Gasteiger partial charge in [-0.1, -0.05) is 13.8 Å². The fraction of sp³-hybridized carbons (Fsp3) is 0.440. The first-order valence-corrected chi connectivity index (χ1v) is 12.4. The Kier molecular flexibility index (Phi) is 7.13. The van der Waals surface area contributed by atoms with Crippen molar-refractivity contribution < 1.29 is 9.90 Å². The molecule has 4 rings (SSSR count). The number of carboxylic acid groups (broad SMARTS) is 1. The van der Waals surface area contributed by atoms with Crippen LogP contribution in [0.4, 0.5) is 5.82 Å². The summed E-state index contributed by atoms with van der Waals surface area (Å²) >= 11 is 1.69. The van der Waals surface area contributed by atoms with Crippen molar-refractivity contribution in [1.82, 2.24) is 19.3 Å². The summed E-state index contributed by atoms with van der Waals surface area (Å²) in [4.78, 5) is 38.3. The first-order valence-electron chi connectivity index (χ1n) is 11.5. The zero-order chi connectivity index (χ0) is 24.4. The van der Waals surface area contributed by atoms with Gasteiger partial charge in [-0.2, -0.15) is 0 Å². The van der Waals surface area contributed by atoms with Crippen molar-refractivity contribution in [3.8, 4) is 0 Å². The molecule has 9 heteroatoms. The smallest absolute Gasteiger partial charge is 0.328 e. The lowest BCUT2D eigenvalue weighted by Crippen LogP contribution is -2.33. The molecule has 0 unspecified atom stereocenters. The van der Waals surface area contributed by atoms with E-state index in [4.69, 9.17) is 15.1 Å². The molecule has 1 aliphatic rings. The number of thiazole rings is 1. The van der Waals surface area contributed by atoms with Crippen LogP contribution in [-0.4, -0.2) is 63.6 Å². The molecular weight excluding hydrogens is 450 g/mol. The molecule has 0 saturated carbocycles. The molecule has 8 nitrogen and oxygen atoms in total. The minimum atomic E-state index is -1.10. The van der Waals surface area contributed by atoms with E-state index in [1.807, 2.05) is 26.2 Å². The van der Waals surface area contributed by atoms with Crippen LogP contribution in [0.1, 0.15) is 48.0 Å². The number of aromatic nitrogens is 3. The molecule has 0 amide bonds. The molecule has 1 atom stereocenters. The third-order valence-electron chi connectivity index (χ3n) is 6.28. The van der Waals surface area contributed by atoms with Crippen LogP contribution in [0.3, 0.4) is 0 Å². The fourth-order valence-corrected chi connectivity index (χ4v) is 5.15. The largest absolute Gasteiger partial charge is 0.478 e. The molecule has 1 N–H and O–H groups in total. The van der Waals surface area contributed by atoms with Crippen molar-refractivity contribution in [3.63, 3.8) is 0 Å². The predicted octanol–water partition coefficient (Wildman–Crippen LogP) is 3.30. The average Bonchev–Trinajstić information content (AvgIpc) is 3.47. The van der Waals surface area contributed by atoms with E-state index < -0.39 is 5.97 Å². The Morgan fingerprint density at radius 1 is 1.32 bits per heavy atom. The highest BCUT2D eigenvalue weighted by atomic mass is 32.1. The van der Waals surface area contributed by atoms with Crippen LogP contribution >= 0.6 is 11.3 Å². The molecular formula is C25H31N5O3S. The Labute approximate surface area is 203 Å². The number of fused-ring (bicyclic) bond motifs is 1. The summed E-state index contributed by atoms with van der Waals surface area (Å²) in [6, 6.07) is 4.23. The van der Waals surface area contributed by atoms with Gasteiger partial charge in [-0.3, -0.25) is 9.20 Å². The highest BCUT2D eigenvalue weighted by Gasteiger charge is 2.27. The second-order valence-corrected chi connectivity index (χ2v) is 10.2. The Hall–Kier alpha value is -3.04. The minimum absolute atomic E-state index is 0.265. The molecule has 1 saturated heterocycles. The van der Waals surface area contributed by atoms with Gasteiger partial charge < -0.3 is 14.9 Å². The number of carboxylic acids is 1. The molecule has 1 fully saturated rings. The maximum atomic E-state index is 13.3. The third kappa shape index (κ3) is 5.20. The molecule has 180 valence electrons. The lowest BCUT2D eigenvalue weighted by atomic mass is 10.1. The van der Waals surface area contributed by atoms with E-state index in [0.29, 0.717) is 29.0 Å². The van der Waals surface area contributed by atoms with Crippen molar-refractivity contribution in [2.45, 2.75) is 45.1 Å². The standard InChI is InChI=1S/C25H31N5O3S/c1-16(2)20-15-34-22(26-20)7-5-17-9-12-30-21(13-17)27-24(19(25(30)33)6-8-23(31)32)29-11-10-18(14-29)28(3)4/h6,8-9,12-13,15-16,18H,5,7,10-11,14H2,1-4H3,(H,31,32)/t18-/m1/s1. The first-order chi connectivity index (χ1) is 16.2. The summed E-state index contributed by atoms with van der Waals surface area (Å²) in [6.45, 7) is 5.79. The van der Waals surface area contributed by atoms with Gasteiger partial charge in [0, 0.05) is 43.2 Å². The van der Waals surface area contributed by atoms with Crippen LogP contribution in [-0.2, 0) is 17.6 Å². The normalized spacial score (nSPS) is 16.5. The van der Waals surface area contributed by atoms with E-state index in [0.717, 1.165) is 54.7 Å². The van der Waals surface area contributed by atoms with E-state index in [2.05, 4.69) is 29.0 Å². The van der Waals surface area contributed by atoms with Gasteiger partial charge in [-0.15, -0.1) is 11.3 Å². The van der Waals surface area contributed by atoms with E-state index in [1.165, 1.54) is 10.5 Å². The van der Waals surface area contributed by atoms with Gasteiger partial charge in [-0.05, 0) is 56.6 Å². The van der Waals surface area contributed by atoms with Crippen LogP contribution in [0, 0.1) is 0 Å². The number of likely N-dealkylation sites (N-methyl/N-ethyl adjacent to an activating group) is 1. The number of nitrogens with zero attached hydrogens (tertiary/aromatic N) is 5. The zero-order valence-corrected chi connectivity index (χ0v) is 20.9. The van der Waals surface area contributed by atoms with Gasteiger partial charge in [0.05, 0.1) is 16.3 Å². The lowest BCUT2D eigenvalue weighted by molar-refractivity contribution is -0.131. The topological polar surface area (TPSA) is 91.0 Å². The summed E-state index contributed by atoms with van der Waals surface area (Å²) in [5, 5.41) is 12.4. The maximum Gasteiger partial charge on any atom is 0.328 e. The minimum Gasteiger partial charge on any atom is -0.478 e. The SMILES string of the molecule is CC(C)c1csc(CCc2ccn3c(=O)c(C=CC(=O)O)c(N4CC[C@@H](N(C)C)C4)nc3c2)n1. The lowest BCUT2D eigenvalue weighted by Gasteiger charge is -2.22. The van der Waals surface area contributed by atoms with Crippen molar-refractivity contribution in [2.24, 2.45) is 0 Å². The summed E-state index contributed by atoms with van der Waals surface area (Å²) in [5.74, 6) is -0.131. The molecule has 0 aliphatic carbocycles. The van der Waals surface area contributed by atoms with Gasteiger partial charge in [-0.25, -0.2) is 14.8 Å². The molecule has 1 aliphatic heterocycles.